The molecule has 0 aliphatic rings. The largest absolute Gasteiger partial charge is 0.465 e. The van der Waals surface area contributed by atoms with Crippen LogP contribution in [0, 0.1) is 16.7 Å². The summed E-state index contributed by atoms with van der Waals surface area (Å²) in [5.74, 6) is 0.0596. The van der Waals surface area contributed by atoms with Crippen molar-refractivity contribution >= 4 is 22.7 Å². The predicted molar refractivity (Wildman–Crippen MR) is 133 cm³/mol. The lowest BCUT2D eigenvalue weighted by atomic mass is 9.80. The van der Waals surface area contributed by atoms with Crippen molar-refractivity contribution in [3.8, 4) is 11.1 Å². The lowest BCUT2D eigenvalue weighted by Crippen LogP contribution is -2.40. The smallest absolute Gasteiger partial charge is 0.405 e. The van der Waals surface area contributed by atoms with E-state index in [1.165, 1.54) is 0 Å². The molecule has 1 atom stereocenters. The topological polar surface area (TPSA) is 121 Å². The molecule has 0 bridgehead atoms. The number of amides is 1. The zero-order chi connectivity index (χ0) is 24.5. The first kappa shape index (κ1) is 24.0. The van der Waals surface area contributed by atoms with Crippen molar-refractivity contribution in [2.24, 2.45) is 17.1 Å². The van der Waals surface area contributed by atoms with Crippen LogP contribution in [-0.2, 0) is 6.54 Å². The van der Waals surface area contributed by atoms with E-state index >= 15 is 0 Å². The van der Waals surface area contributed by atoms with Gasteiger partial charge in [0.05, 0.1) is 11.7 Å². The molecule has 0 saturated heterocycles. The van der Waals surface area contributed by atoms with Gasteiger partial charge in [-0.1, -0.05) is 71.0 Å². The van der Waals surface area contributed by atoms with Crippen molar-refractivity contribution in [3.05, 3.63) is 70.1 Å². The summed E-state index contributed by atoms with van der Waals surface area (Å²) in [5.41, 5.74) is 7.80. The van der Waals surface area contributed by atoms with Gasteiger partial charge in [0, 0.05) is 23.1 Å². The van der Waals surface area contributed by atoms with Crippen LogP contribution in [0.4, 0.5) is 4.79 Å². The summed E-state index contributed by atoms with van der Waals surface area (Å²) in [7, 11) is 0. The Morgan fingerprint density at radius 1 is 1.12 bits per heavy atom. The van der Waals surface area contributed by atoms with Gasteiger partial charge < -0.3 is 20.7 Å². The minimum absolute atomic E-state index is 0.0974. The molecule has 1 aromatic heterocycles. The number of hydrogen-bond donors (Lipinski definition) is 4. The molecule has 7 heteroatoms. The molecule has 2 aromatic carbocycles. The lowest BCUT2D eigenvalue weighted by molar-refractivity contribution is 0.172. The Morgan fingerprint density at radius 3 is 2.27 bits per heavy atom. The van der Waals surface area contributed by atoms with E-state index in [-0.39, 0.29) is 17.3 Å². The number of benzene rings is 2. The molecule has 174 valence electrons. The first-order chi connectivity index (χ1) is 15.4. The van der Waals surface area contributed by atoms with Crippen LogP contribution in [0.5, 0.6) is 0 Å². The monoisotopic (exact) mass is 448 g/mol. The molecule has 3 aromatic rings. The van der Waals surface area contributed by atoms with Crippen molar-refractivity contribution in [3.63, 3.8) is 0 Å². The fourth-order valence-electron chi connectivity index (χ4n) is 4.21. The second-order valence-electron chi connectivity index (χ2n) is 9.86. The number of nitrogens with one attached hydrogen (secondary N) is 2. The minimum atomic E-state index is -1.16. The van der Waals surface area contributed by atoms with Gasteiger partial charge in [-0.2, -0.15) is 0 Å². The SMILES string of the molecule is CC(C)Cn1c(C(NC(=O)O)C(C)(C)C)c(-c2ccccc2)c2cc(C(=N)N)ccc2c1=O. The minimum Gasteiger partial charge on any atom is -0.465 e. The molecule has 0 saturated carbocycles. The summed E-state index contributed by atoms with van der Waals surface area (Å²) in [6.45, 7) is 10.3. The Morgan fingerprint density at radius 2 is 1.76 bits per heavy atom. The molecule has 5 N–H and O–H groups in total. The molecule has 0 fully saturated rings. The summed E-state index contributed by atoms with van der Waals surface area (Å²) in [6.07, 6.45) is -1.16. The van der Waals surface area contributed by atoms with Crippen molar-refractivity contribution in [2.75, 3.05) is 0 Å². The van der Waals surface area contributed by atoms with E-state index in [9.17, 15) is 14.7 Å². The van der Waals surface area contributed by atoms with Crippen LogP contribution in [0.2, 0.25) is 0 Å². The Labute approximate surface area is 193 Å². The maximum atomic E-state index is 13.8. The molecular weight excluding hydrogens is 416 g/mol. The normalized spacial score (nSPS) is 12.7. The molecular formula is C26H32N4O3. The van der Waals surface area contributed by atoms with Crippen molar-refractivity contribution < 1.29 is 9.90 Å². The van der Waals surface area contributed by atoms with Gasteiger partial charge in [-0.15, -0.1) is 0 Å². The van der Waals surface area contributed by atoms with Crippen LogP contribution in [0.15, 0.2) is 53.3 Å². The van der Waals surface area contributed by atoms with Crippen LogP contribution >= 0.6 is 0 Å². The van der Waals surface area contributed by atoms with E-state index in [1.54, 1.807) is 22.8 Å². The zero-order valence-electron chi connectivity index (χ0n) is 19.8. The van der Waals surface area contributed by atoms with E-state index in [2.05, 4.69) is 5.32 Å². The second kappa shape index (κ2) is 9.10. The van der Waals surface area contributed by atoms with E-state index in [0.29, 0.717) is 28.6 Å². The predicted octanol–water partition coefficient (Wildman–Crippen LogP) is 4.96. The molecule has 1 unspecified atom stereocenters. The highest BCUT2D eigenvalue weighted by atomic mass is 16.4. The second-order valence-corrected chi connectivity index (χ2v) is 9.86. The Hall–Kier alpha value is -3.61. The highest BCUT2D eigenvalue weighted by Crippen LogP contribution is 2.41. The standard InChI is InChI=1S/C26H32N4O3/c1-15(2)14-30-21(22(26(3,4)5)29-25(32)33)20(16-9-7-6-8-10-16)19-13-17(23(27)28)11-12-18(19)24(30)31/h6-13,15,22,29H,14H2,1-5H3,(H3,27,28)(H,32,33). The van der Waals surface area contributed by atoms with E-state index in [4.69, 9.17) is 11.1 Å². The summed E-state index contributed by atoms with van der Waals surface area (Å²) in [4.78, 5) is 25.6. The quantitative estimate of drug-likeness (QED) is 0.314. The number of rotatable bonds is 6. The third kappa shape index (κ3) is 4.92. The summed E-state index contributed by atoms with van der Waals surface area (Å²) >= 11 is 0. The summed E-state index contributed by atoms with van der Waals surface area (Å²) in [6, 6.07) is 14.1. The molecule has 0 aliphatic heterocycles. The third-order valence-corrected chi connectivity index (χ3v) is 5.64. The lowest BCUT2D eigenvalue weighted by Gasteiger charge is -2.35. The molecule has 33 heavy (non-hydrogen) atoms. The summed E-state index contributed by atoms with van der Waals surface area (Å²) < 4.78 is 1.72. The van der Waals surface area contributed by atoms with E-state index in [0.717, 1.165) is 11.1 Å². The highest BCUT2D eigenvalue weighted by Gasteiger charge is 2.34. The average molecular weight is 449 g/mol. The van der Waals surface area contributed by atoms with E-state index < -0.39 is 17.6 Å². The van der Waals surface area contributed by atoms with Gasteiger partial charge in [0.15, 0.2) is 0 Å². The molecule has 0 radical (unpaired) electrons. The third-order valence-electron chi connectivity index (χ3n) is 5.64. The average Bonchev–Trinajstić information content (AvgIpc) is 2.73. The Kier molecular flexibility index (Phi) is 6.63. The number of hydrogen-bond acceptors (Lipinski definition) is 3. The Balaban J connectivity index is 2.61. The Bertz CT molecular complexity index is 1250. The van der Waals surface area contributed by atoms with Gasteiger partial charge in [-0.25, -0.2) is 4.79 Å². The van der Waals surface area contributed by atoms with Gasteiger partial charge >= 0.3 is 6.09 Å². The number of aromatic nitrogens is 1. The number of carbonyl (C=O) groups is 1. The van der Waals surface area contributed by atoms with Crippen molar-refractivity contribution in [1.29, 1.82) is 5.41 Å². The van der Waals surface area contributed by atoms with Gasteiger partial charge in [0.2, 0.25) is 0 Å². The molecule has 1 amide bonds. The van der Waals surface area contributed by atoms with Gasteiger partial charge in [0.25, 0.3) is 5.56 Å². The maximum Gasteiger partial charge on any atom is 0.405 e. The van der Waals surface area contributed by atoms with Crippen molar-refractivity contribution in [2.45, 2.75) is 47.2 Å². The fraction of sp³-hybridized carbons (Fsp3) is 0.346. The number of nitrogens with two attached hydrogens (primary N) is 1. The fourth-order valence-corrected chi connectivity index (χ4v) is 4.21. The molecule has 0 aliphatic carbocycles. The molecule has 0 spiro atoms. The van der Waals surface area contributed by atoms with Crippen LogP contribution in [0.3, 0.4) is 0 Å². The van der Waals surface area contributed by atoms with Crippen LogP contribution in [-0.4, -0.2) is 21.6 Å². The number of nitrogens with zero attached hydrogens (tertiary/aromatic N) is 1. The van der Waals surface area contributed by atoms with E-state index in [1.807, 2.05) is 65.0 Å². The number of fused-ring (bicyclic) bond motifs is 1. The van der Waals surface area contributed by atoms with Crippen molar-refractivity contribution in [1.82, 2.24) is 9.88 Å². The first-order valence-electron chi connectivity index (χ1n) is 11.0. The molecule has 1 heterocycles. The van der Waals surface area contributed by atoms with Gasteiger partial charge in [-0.05, 0) is 34.4 Å². The van der Waals surface area contributed by atoms with Crippen LogP contribution in [0.1, 0.15) is 51.9 Å². The number of nitrogen functional groups attached to an aromatic ring is 1. The number of carboxylic acid groups (broad SMARTS) is 1. The van der Waals surface area contributed by atoms with Gasteiger partial charge in [-0.3, -0.25) is 10.2 Å². The highest BCUT2D eigenvalue weighted by molar-refractivity contribution is 6.04. The zero-order valence-corrected chi connectivity index (χ0v) is 19.8. The number of amidine groups is 1. The molecule has 7 nitrogen and oxygen atoms in total. The summed E-state index contributed by atoms with van der Waals surface area (Å²) in [5, 5.41) is 21.4. The maximum absolute atomic E-state index is 13.8. The first-order valence-corrected chi connectivity index (χ1v) is 11.0. The number of pyridine rings is 1. The van der Waals surface area contributed by atoms with Crippen LogP contribution in [0.25, 0.3) is 21.9 Å². The van der Waals surface area contributed by atoms with Gasteiger partial charge in [0.1, 0.15) is 5.84 Å². The molecule has 3 rings (SSSR count). The van der Waals surface area contributed by atoms with Crippen LogP contribution < -0.4 is 16.6 Å².